The lowest BCUT2D eigenvalue weighted by molar-refractivity contribution is 0.0256. The van der Waals surface area contributed by atoms with Gasteiger partial charge in [0.25, 0.3) is 0 Å². The predicted molar refractivity (Wildman–Crippen MR) is 82.2 cm³/mol. The molecule has 1 amide bonds. The van der Waals surface area contributed by atoms with Crippen LogP contribution in [0.15, 0.2) is 5.38 Å². The first-order chi connectivity index (χ1) is 9.94. The Kier molecular flexibility index (Phi) is 5.52. The fourth-order valence-corrected chi connectivity index (χ4v) is 2.77. The van der Waals surface area contributed by atoms with Crippen molar-refractivity contribution >= 4 is 17.6 Å². The lowest BCUT2D eigenvalue weighted by Gasteiger charge is -2.26. The zero-order chi connectivity index (χ0) is 15.3. The molecule has 21 heavy (non-hydrogen) atoms. The molecular formula is C14H24N4O2S. The Balaban J connectivity index is 1.77. The molecule has 7 heteroatoms. The van der Waals surface area contributed by atoms with Gasteiger partial charge < -0.3 is 15.0 Å². The highest BCUT2D eigenvalue weighted by atomic mass is 32.1. The fourth-order valence-electron chi connectivity index (χ4n) is 2.32. The largest absolute Gasteiger partial charge is 0.444 e. The molecule has 0 bridgehead atoms. The fraction of sp³-hybridized carbons (Fsp3) is 0.786. The number of rotatable bonds is 3. The van der Waals surface area contributed by atoms with Crippen LogP contribution in [-0.2, 0) is 11.3 Å². The van der Waals surface area contributed by atoms with Gasteiger partial charge in [-0.1, -0.05) is 4.49 Å². The van der Waals surface area contributed by atoms with E-state index in [1.807, 2.05) is 31.1 Å². The summed E-state index contributed by atoms with van der Waals surface area (Å²) in [7, 11) is 0. The van der Waals surface area contributed by atoms with Crippen LogP contribution in [0.3, 0.4) is 0 Å². The highest BCUT2D eigenvalue weighted by Crippen LogP contribution is 2.15. The van der Waals surface area contributed by atoms with Crippen molar-refractivity contribution in [1.29, 1.82) is 0 Å². The molecule has 1 aromatic heterocycles. The first-order valence-electron chi connectivity index (χ1n) is 7.41. The van der Waals surface area contributed by atoms with Crippen molar-refractivity contribution in [3.63, 3.8) is 0 Å². The van der Waals surface area contributed by atoms with Gasteiger partial charge in [-0.25, -0.2) is 4.79 Å². The molecule has 1 fully saturated rings. The van der Waals surface area contributed by atoms with E-state index in [-0.39, 0.29) is 6.09 Å². The van der Waals surface area contributed by atoms with Gasteiger partial charge in [0.1, 0.15) is 5.60 Å². The third-order valence-corrected chi connectivity index (χ3v) is 3.91. The lowest BCUT2D eigenvalue weighted by atomic mass is 10.1. The summed E-state index contributed by atoms with van der Waals surface area (Å²) in [5.74, 6) is 0. The van der Waals surface area contributed by atoms with Crippen LogP contribution < -0.4 is 5.32 Å². The SMILES string of the molecule is CC(C)(C)OC(=O)N1CCCC(NCc2csnn2)CC1. The summed E-state index contributed by atoms with van der Waals surface area (Å²) in [6.07, 6.45) is 2.80. The van der Waals surface area contributed by atoms with Crippen molar-refractivity contribution in [2.75, 3.05) is 13.1 Å². The highest BCUT2D eigenvalue weighted by Gasteiger charge is 2.25. The van der Waals surface area contributed by atoms with E-state index in [2.05, 4.69) is 14.9 Å². The van der Waals surface area contributed by atoms with E-state index < -0.39 is 5.60 Å². The molecule has 118 valence electrons. The molecule has 0 spiro atoms. The van der Waals surface area contributed by atoms with Crippen LogP contribution in [0.25, 0.3) is 0 Å². The quantitative estimate of drug-likeness (QED) is 0.928. The van der Waals surface area contributed by atoms with Crippen LogP contribution in [0.5, 0.6) is 0 Å². The van der Waals surface area contributed by atoms with E-state index in [4.69, 9.17) is 4.74 Å². The predicted octanol–water partition coefficient (Wildman–Crippen LogP) is 2.42. The molecule has 0 saturated carbocycles. The summed E-state index contributed by atoms with van der Waals surface area (Å²) in [5.41, 5.74) is 0.548. The normalized spacial score (nSPS) is 20.1. The number of hydrogen-bond acceptors (Lipinski definition) is 6. The van der Waals surface area contributed by atoms with Crippen LogP contribution >= 0.6 is 11.5 Å². The van der Waals surface area contributed by atoms with Gasteiger partial charge in [-0.15, -0.1) is 5.10 Å². The maximum Gasteiger partial charge on any atom is 0.410 e. The van der Waals surface area contributed by atoms with Gasteiger partial charge in [0.15, 0.2) is 0 Å². The minimum atomic E-state index is -0.432. The first kappa shape index (κ1) is 16.2. The number of nitrogens with one attached hydrogen (secondary N) is 1. The number of ether oxygens (including phenoxy) is 1. The number of amides is 1. The molecule has 1 atom stereocenters. The highest BCUT2D eigenvalue weighted by molar-refractivity contribution is 7.03. The molecule has 1 saturated heterocycles. The number of aromatic nitrogens is 2. The topological polar surface area (TPSA) is 67.3 Å². The zero-order valence-electron chi connectivity index (χ0n) is 13.0. The second-order valence-electron chi connectivity index (χ2n) is 6.37. The van der Waals surface area contributed by atoms with Gasteiger partial charge in [-0.3, -0.25) is 0 Å². The average Bonchev–Trinajstić information content (AvgIpc) is 2.78. The molecule has 1 aliphatic heterocycles. The van der Waals surface area contributed by atoms with Gasteiger partial charge in [-0.2, -0.15) is 0 Å². The van der Waals surface area contributed by atoms with Crippen LogP contribution in [0.2, 0.25) is 0 Å². The standard InChI is InChI=1S/C14H24N4O2S/c1-14(2,3)20-13(19)18-7-4-5-11(6-8-18)15-9-12-10-21-17-16-12/h10-11,15H,4-9H2,1-3H3. The van der Waals surface area contributed by atoms with E-state index in [0.717, 1.165) is 44.6 Å². The Morgan fingerprint density at radius 2 is 2.29 bits per heavy atom. The second-order valence-corrected chi connectivity index (χ2v) is 6.98. The molecule has 1 aromatic rings. The van der Waals surface area contributed by atoms with Crippen molar-refractivity contribution < 1.29 is 9.53 Å². The summed E-state index contributed by atoms with van der Waals surface area (Å²) < 4.78 is 9.29. The van der Waals surface area contributed by atoms with E-state index in [9.17, 15) is 4.79 Å². The minimum Gasteiger partial charge on any atom is -0.444 e. The van der Waals surface area contributed by atoms with Gasteiger partial charge in [0.2, 0.25) is 0 Å². The Morgan fingerprint density at radius 1 is 1.48 bits per heavy atom. The molecule has 0 aromatic carbocycles. The van der Waals surface area contributed by atoms with Crippen LogP contribution in [0.1, 0.15) is 45.7 Å². The Morgan fingerprint density at radius 3 is 2.95 bits per heavy atom. The van der Waals surface area contributed by atoms with E-state index >= 15 is 0 Å². The number of hydrogen-bond donors (Lipinski definition) is 1. The summed E-state index contributed by atoms with van der Waals surface area (Å²) in [6, 6.07) is 0.416. The zero-order valence-corrected chi connectivity index (χ0v) is 13.8. The van der Waals surface area contributed by atoms with Crippen molar-refractivity contribution in [3.8, 4) is 0 Å². The lowest BCUT2D eigenvalue weighted by Crippen LogP contribution is -2.38. The Bertz CT molecular complexity index is 444. The number of carbonyl (C=O) groups excluding carboxylic acids is 1. The second kappa shape index (κ2) is 7.17. The molecule has 6 nitrogen and oxygen atoms in total. The third-order valence-electron chi connectivity index (χ3n) is 3.36. The monoisotopic (exact) mass is 312 g/mol. The molecule has 1 aliphatic rings. The van der Waals surface area contributed by atoms with Crippen molar-refractivity contribution in [2.45, 2.75) is 58.2 Å². The molecule has 0 radical (unpaired) electrons. The van der Waals surface area contributed by atoms with E-state index in [1.165, 1.54) is 11.5 Å². The molecule has 2 heterocycles. The molecule has 0 aliphatic carbocycles. The average molecular weight is 312 g/mol. The summed E-state index contributed by atoms with van der Waals surface area (Å²) in [4.78, 5) is 13.9. The minimum absolute atomic E-state index is 0.202. The van der Waals surface area contributed by atoms with Crippen LogP contribution in [0.4, 0.5) is 4.79 Å². The first-order valence-corrected chi connectivity index (χ1v) is 8.25. The molecular weight excluding hydrogens is 288 g/mol. The summed E-state index contributed by atoms with van der Waals surface area (Å²) in [6.45, 7) is 7.94. The van der Waals surface area contributed by atoms with Gasteiger partial charge in [-0.05, 0) is 51.6 Å². The van der Waals surface area contributed by atoms with Gasteiger partial charge >= 0.3 is 6.09 Å². The Labute approximate surface area is 130 Å². The smallest absolute Gasteiger partial charge is 0.410 e. The van der Waals surface area contributed by atoms with Crippen LogP contribution in [0, 0.1) is 0 Å². The van der Waals surface area contributed by atoms with Gasteiger partial charge in [0, 0.05) is 31.1 Å². The van der Waals surface area contributed by atoms with Crippen molar-refractivity contribution in [3.05, 3.63) is 11.1 Å². The third kappa shape index (κ3) is 5.59. The maximum atomic E-state index is 12.1. The summed E-state index contributed by atoms with van der Waals surface area (Å²) >= 11 is 1.37. The molecule has 1 N–H and O–H groups in total. The Hall–Kier alpha value is -1.21. The van der Waals surface area contributed by atoms with Crippen molar-refractivity contribution in [1.82, 2.24) is 19.8 Å². The number of carbonyl (C=O) groups is 1. The molecule has 2 rings (SSSR count). The van der Waals surface area contributed by atoms with E-state index in [1.54, 1.807) is 0 Å². The van der Waals surface area contributed by atoms with Gasteiger partial charge in [0.05, 0.1) is 5.69 Å². The van der Waals surface area contributed by atoms with Crippen molar-refractivity contribution in [2.24, 2.45) is 0 Å². The van der Waals surface area contributed by atoms with Crippen LogP contribution in [-0.4, -0.2) is 45.3 Å². The maximum absolute atomic E-state index is 12.1. The van der Waals surface area contributed by atoms with E-state index in [0.29, 0.717) is 6.04 Å². The summed E-state index contributed by atoms with van der Waals surface area (Å²) in [5, 5.41) is 9.48. The molecule has 1 unspecified atom stereocenters. The number of likely N-dealkylation sites (tertiary alicyclic amines) is 1. The number of nitrogens with zero attached hydrogens (tertiary/aromatic N) is 3.